The van der Waals surface area contributed by atoms with E-state index in [2.05, 4.69) is 12.1 Å². The van der Waals surface area contributed by atoms with Crippen molar-refractivity contribution in [3.05, 3.63) is 270 Å². The molecule has 15 nitrogen and oxygen atoms in total. The van der Waals surface area contributed by atoms with E-state index in [1.54, 1.807) is 43.5 Å². The van der Waals surface area contributed by atoms with Crippen molar-refractivity contribution >= 4 is 77.0 Å². The Hall–Kier alpha value is -8.70. The van der Waals surface area contributed by atoms with Crippen LogP contribution in [-0.4, -0.2) is 45.7 Å². The Morgan fingerprint density at radius 3 is 1.12 bits per heavy atom. The fraction of sp³-hybridized carbons (Fsp3) is 0.0625. The lowest BCUT2D eigenvalue weighted by atomic mass is 10.0. The van der Waals surface area contributed by atoms with Crippen LogP contribution in [-0.2, 0) is 52.8 Å². The molecule has 0 aromatic heterocycles. The lowest BCUT2D eigenvalue weighted by Gasteiger charge is -2.22. The number of ether oxygens (including phenoxy) is 4. The highest BCUT2D eigenvalue weighted by atomic mass is 32.2. The summed E-state index contributed by atoms with van der Waals surface area (Å²) in [6.07, 6.45) is 1.32. The lowest BCUT2D eigenvalue weighted by molar-refractivity contribution is 0.414. The van der Waals surface area contributed by atoms with E-state index in [1.165, 1.54) is 29.8 Å². The topological polar surface area (TPSA) is 231 Å². The van der Waals surface area contributed by atoms with Crippen LogP contribution in [0.25, 0.3) is 0 Å². The van der Waals surface area contributed by atoms with Crippen molar-refractivity contribution in [3.63, 3.8) is 0 Å². The van der Waals surface area contributed by atoms with E-state index in [0.717, 1.165) is 52.6 Å². The first-order valence-electron chi connectivity index (χ1n) is 25.6. The summed E-state index contributed by atoms with van der Waals surface area (Å²) in [6, 6.07) is 70.0. The first-order valence-corrected chi connectivity index (χ1v) is 32.9. The zero-order valence-electron chi connectivity index (χ0n) is 44.8. The van der Waals surface area contributed by atoms with Gasteiger partial charge in [-0.15, -0.1) is 12.6 Å². The molecule has 10 aromatic carbocycles. The molecule has 0 aliphatic carbocycles. The third-order valence-electron chi connectivity index (χ3n) is 13.4. The molecule has 426 valence electrons. The van der Waals surface area contributed by atoms with Crippen LogP contribution in [0.5, 0.6) is 40.2 Å². The van der Waals surface area contributed by atoms with Gasteiger partial charge in [0, 0.05) is 31.8 Å². The van der Waals surface area contributed by atoms with Gasteiger partial charge in [-0.25, -0.2) is 0 Å². The molecule has 0 aliphatic heterocycles. The van der Waals surface area contributed by atoms with Gasteiger partial charge in [0.25, 0.3) is 20.2 Å². The minimum absolute atomic E-state index is 0.00907. The SMILES string of the molecule is COc1ccc(Cc2ccc(Oc3ccc(P(=O)(c4ccccc4)c4ccc(Oc5ccc(Cc6ccc(Oc7ccc(P(=O)(c8ccc(C)cc8)c8cccc(S(=O)(=O)O)c8)cc7S(=O)(=O)O)cc6)cc5)cc4)cc3)cc2)cc1.O=S(=O)=O. The lowest BCUT2D eigenvalue weighted by Crippen LogP contribution is -2.26. The summed E-state index contributed by atoms with van der Waals surface area (Å²) in [5, 5.41) is 2.23. The predicted octanol–water partition coefficient (Wildman–Crippen LogP) is 11.3. The van der Waals surface area contributed by atoms with Crippen molar-refractivity contribution < 1.29 is 66.6 Å². The molecular weight excluding hydrogens is 1170 g/mol. The van der Waals surface area contributed by atoms with E-state index in [4.69, 9.17) is 31.6 Å². The molecule has 10 aromatic rings. The minimum atomic E-state index is -4.97. The van der Waals surface area contributed by atoms with Crippen LogP contribution in [0.3, 0.4) is 0 Å². The molecule has 0 heterocycles. The molecule has 0 fully saturated rings. The third kappa shape index (κ3) is 14.5. The highest BCUT2D eigenvalue weighted by molar-refractivity contribution is 7.87. The highest BCUT2D eigenvalue weighted by Crippen LogP contribution is 2.46. The zero-order valence-corrected chi connectivity index (χ0v) is 49.1. The molecule has 0 aliphatic rings. The van der Waals surface area contributed by atoms with E-state index >= 15 is 9.13 Å². The van der Waals surface area contributed by atoms with Crippen molar-refractivity contribution in [1.82, 2.24) is 0 Å². The van der Waals surface area contributed by atoms with Gasteiger partial charge in [0.05, 0.1) is 12.0 Å². The summed E-state index contributed by atoms with van der Waals surface area (Å²) in [6.45, 7) is 1.83. The average molecular weight is 1220 g/mol. The van der Waals surface area contributed by atoms with Crippen molar-refractivity contribution in [3.8, 4) is 40.2 Å². The third-order valence-corrected chi connectivity index (χ3v) is 21.2. The maximum Gasteiger partial charge on any atom is 0.425 e. The summed E-state index contributed by atoms with van der Waals surface area (Å²) in [5.74, 6) is 3.31. The molecule has 2 N–H and O–H groups in total. The number of hydrogen-bond acceptors (Lipinski definition) is 13. The van der Waals surface area contributed by atoms with Crippen molar-refractivity contribution in [2.24, 2.45) is 0 Å². The van der Waals surface area contributed by atoms with Gasteiger partial charge in [-0.2, -0.15) is 16.8 Å². The molecule has 0 radical (unpaired) electrons. The maximum absolute atomic E-state index is 15.3. The molecule has 20 heteroatoms. The van der Waals surface area contributed by atoms with Gasteiger partial charge in [0.2, 0.25) is 0 Å². The fourth-order valence-corrected chi connectivity index (χ4v) is 15.8. The molecule has 0 bridgehead atoms. The molecule has 0 saturated carbocycles. The Balaban J connectivity index is 0.00000205. The minimum Gasteiger partial charge on any atom is -0.497 e. The van der Waals surface area contributed by atoms with Crippen LogP contribution in [0.1, 0.15) is 27.8 Å². The van der Waals surface area contributed by atoms with Crippen LogP contribution in [0.2, 0.25) is 0 Å². The Morgan fingerprint density at radius 2 is 0.714 bits per heavy atom. The van der Waals surface area contributed by atoms with Crippen LogP contribution in [0.15, 0.2) is 252 Å². The Bertz CT molecular complexity index is 4400. The fourth-order valence-electron chi connectivity index (χ4n) is 9.19. The largest absolute Gasteiger partial charge is 0.497 e. The van der Waals surface area contributed by atoms with Crippen molar-refractivity contribution in [2.45, 2.75) is 29.6 Å². The van der Waals surface area contributed by atoms with Crippen LogP contribution < -0.4 is 50.8 Å². The van der Waals surface area contributed by atoms with Gasteiger partial charge >= 0.3 is 10.6 Å². The molecule has 0 amide bonds. The second-order valence-electron chi connectivity index (χ2n) is 19.1. The Kier molecular flexibility index (Phi) is 18.4. The van der Waals surface area contributed by atoms with Crippen molar-refractivity contribution in [1.29, 1.82) is 0 Å². The van der Waals surface area contributed by atoms with Crippen LogP contribution in [0.4, 0.5) is 0 Å². The summed E-state index contributed by atoms with van der Waals surface area (Å²) < 4.78 is 150. The number of benzene rings is 10. The molecule has 0 spiro atoms. The van der Waals surface area contributed by atoms with Gasteiger partial charge < -0.3 is 28.1 Å². The number of methoxy groups -OCH3 is 1. The predicted molar refractivity (Wildman–Crippen MR) is 324 cm³/mol. The summed E-state index contributed by atoms with van der Waals surface area (Å²) in [4.78, 5) is -1.15. The first kappa shape index (κ1) is 59.9. The van der Waals surface area contributed by atoms with Gasteiger partial charge in [-0.1, -0.05) is 121 Å². The smallest absolute Gasteiger partial charge is 0.425 e. The standard InChI is InChI=1S/C64H52O12P2S2.O3S/c1-45-11-33-57(34-12-45)78(66,60-9-6-10-62(43-60)79(67,68)69)61-39-40-63(64(44-61)80(70,71)72)76-55-27-19-49(20-28-55)42-48-17-25-52(26-18-48)75-54-31-37-59(38-32-54)77(65,56-7-4-3-5-8-56)58-35-29-53(30-36-58)74-51-23-15-47(16-24-51)41-46-13-21-50(73-2)22-14-46;1-4(2)3/h3-40,43-44H,41-42H2,1-2H3,(H,67,68,69)(H,70,71,72);. The van der Waals surface area contributed by atoms with Gasteiger partial charge in [-0.05, 0) is 169 Å². The van der Waals surface area contributed by atoms with E-state index in [0.29, 0.717) is 45.3 Å². The second-order valence-corrected chi connectivity index (χ2v) is 27.9. The zero-order chi connectivity index (χ0) is 59.7. The molecular formula is C64H52O15P2S3. The van der Waals surface area contributed by atoms with Crippen LogP contribution >= 0.6 is 14.3 Å². The highest BCUT2D eigenvalue weighted by Gasteiger charge is 2.34. The number of aryl methyl sites for hydroxylation is 1. The summed E-state index contributed by atoms with van der Waals surface area (Å²) in [5.41, 5.74) is 5.07. The quantitative estimate of drug-likeness (QED) is 0.0566. The van der Waals surface area contributed by atoms with E-state index in [-0.39, 0.29) is 27.4 Å². The normalized spacial score (nSPS) is 12.8. The molecule has 10 rings (SSSR count). The molecule has 2 unspecified atom stereocenters. The monoisotopic (exact) mass is 1220 g/mol. The Labute approximate surface area is 488 Å². The van der Waals surface area contributed by atoms with E-state index < -0.39 is 54.9 Å². The molecule has 84 heavy (non-hydrogen) atoms. The van der Waals surface area contributed by atoms with Crippen molar-refractivity contribution in [2.75, 3.05) is 7.11 Å². The molecule has 2 atom stereocenters. The van der Waals surface area contributed by atoms with Crippen LogP contribution in [0, 0.1) is 6.92 Å². The summed E-state index contributed by atoms with van der Waals surface area (Å²) >= 11 is 0. The Morgan fingerprint density at radius 1 is 0.381 bits per heavy atom. The van der Waals surface area contributed by atoms with Gasteiger partial charge in [-0.3, -0.25) is 9.11 Å². The first-order chi connectivity index (χ1) is 40.2. The van der Waals surface area contributed by atoms with E-state index in [1.807, 2.05) is 159 Å². The van der Waals surface area contributed by atoms with E-state index in [9.17, 15) is 25.9 Å². The van der Waals surface area contributed by atoms with Gasteiger partial charge in [0.15, 0.2) is 14.3 Å². The number of hydrogen-bond donors (Lipinski definition) is 2. The summed E-state index contributed by atoms with van der Waals surface area (Å²) in [7, 11) is -18.5. The average Bonchev–Trinajstić information content (AvgIpc) is 1.69. The second kappa shape index (κ2) is 25.8. The molecule has 0 saturated heterocycles. The number of rotatable bonds is 19. The maximum atomic E-state index is 15.3. The van der Waals surface area contributed by atoms with Gasteiger partial charge in [0.1, 0.15) is 45.1 Å².